The van der Waals surface area contributed by atoms with Crippen LogP contribution in [-0.4, -0.2) is 17.0 Å². The van der Waals surface area contributed by atoms with E-state index in [2.05, 4.69) is 11.4 Å². The van der Waals surface area contributed by atoms with Crippen LogP contribution in [-0.2, 0) is 12.2 Å². The Morgan fingerprint density at radius 2 is 1.90 bits per heavy atom. The number of thioether (sulfide) groups is 1. The molecule has 0 heterocycles. The zero-order chi connectivity index (χ0) is 15.1. The first-order valence-electron chi connectivity index (χ1n) is 6.64. The number of nitrogens with one attached hydrogen (secondary N) is 1. The Morgan fingerprint density at radius 1 is 1.14 bits per heavy atom. The second kappa shape index (κ2) is 7.59. The Bertz CT molecular complexity index is 617. The van der Waals surface area contributed by atoms with Crippen LogP contribution < -0.4 is 11.1 Å². The summed E-state index contributed by atoms with van der Waals surface area (Å²) in [5.74, 6) is 1.91. The minimum absolute atomic E-state index is 0.612. The third kappa shape index (κ3) is 5.39. The lowest BCUT2D eigenvalue weighted by molar-refractivity contribution is 0.210. The molecule has 0 aliphatic heterocycles. The lowest BCUT2D eigenvalue weighted by Crippen LogP contribution is -2.07. The number of carbonyl (C=O) groups is 1. The van der Waals surface area contributed by atoms with Gasteiger partial charge in [0.2, 0.25) is 0 Å². The van der Waals surface area contributed by atoms with Gasteiger partial charge in [-0.3, -0.25) is 5.32 Å². The van der Waals surface area contributed by atoms with Gasteiger partial charge in [-0.25, -0.2) is 4.79 Å². The molecule has 0 bridgehead atoms. The Morgan fingerprint density at radius 3 is 2.67 bits per heavy atom. The predicted molar refractivity (Wildman–Crippen MR) is 88.8 cm³/mol. The van der Waals surface area contributed by atoms with Gasteiger partial charge in [0.25, 0.3) is 0 Å². The van der Waals surface area contributed by atoms with Gasteiger partial charge in [-0.2, -0.15) is 11.8 Å². The average molecular weight is 302 g/mol. The van der Waals surface area contributed by atoms with E-state index in [4.69, 9.17) is 10.8 Å². The Kier molecular flexibility index (Phi) is 5.51. The molecule has 0 saturated carbocycles. The second-order valence-electron chi connectivity index (χ2n) is 4.68. The zero-order valence-corrected chi connectivity index (χ0v) is 12.4. The summed E-state index contributed by atoms with van der Waals surface area (Å²) < 4.78 is 0. The maximum Gasteiger partial charge on any atom is 0.409 e. The molecular weight excluding hydrogens is 284 g/mol. The predicted octanol–water partition coefficient (Wildman–Crippen LogP) is 3.83. The van der Waals surface area contributed by atoms with E-state index in [0.717, 1.165) is 29.2 Å². The molecule has 0 unspecified atom stereocenters. The van der Waals surface area contributed by atoms with Crippen molar-refractivity contribution in [1.29, 1.82) is 0 Å². The summed E-state index contributed by atoms with van der Waals surface area (Å²) >= 11 is 1.84. The molecule has 4 N–H and O–H groups in total. The fourth-order valence-corrected chi connectivity index (χ4v) is 2.93. The summed E-state index contributed by atoms with van der Waals surface area (Å²) in [5.41, 5.74) is 9.50. The van der Waals surface area contributed by atoms with Crippen molar-refractivity contribution in [2.75, 3.05) is 16.8 Å². The van der Waals surface area contributed by atoms with E-state index in [-0.39, 0.29) is 0 Å². The first kappa shape index (κ1) is 15.3. The van der Waals surface area contributed by atoms with E-state index in [9.17, 15) is 4.79 Å². The molecule has 0 aromatic heterocycles. The van der Waals surface area contributed by atoms with Crippen LogP contribution in [0, 0.1) is 0 Å². The third-order valence-corrected chi connectivity index (χ3v) is 3.96. The average Bonchev–Trinajstić information content (AvgIpc) is 2.43. The molecule has 110 valence electrons. The van der Waals surface area contributed by atoms with E-state index in [0.29, 0.717) is 5.69 Å². The van der Waals surface area contributed by atoms with Crippen LogP contribution in [0.5, 0.6) is 0 Å². The maximum absolute atomic E-state index is 10.6. The first-order chi connectivity index (χ1) is 10.1. The number of nitrogens with two attached hydrogens (primary N) is 1. The number of hydrogen-bond donors (Lipinski definition) is 3. The van der Waals surface area contributed by atoms with Crippen molar-refractivity contribution in [2.45, 2.75) is 12.2 Å². The van der Waals surface area contributed by atoms with Crippen molar-refractivity contribution in [1.82, 2.24) is 0 Å². The van der Waals surface area contributed by atoms with E-state index in [1.165, 1.54) is 5.56 Å². The Balaban J connectivity index is 1.79. The van der Waals surface area contributed by atoms with Gasteiger partial charge in [0.05, 0.1) is 0 Å². The summed E-state index contributed by atoms with van der Waals surface area (Å²) in [6.45, 7) is 0. The first-order valence-corrected chi connectivity index (χ1v) is 7.80. The molecule has 2 rings (SSSR count). The molecule has 0 aliphatic rings. The lowest BCUT2D eigenvalue weighted by Gasteiger charge is -2.06. The van der Waals surface area contributed by atoms with Crippen LogP contribution >= 0.6 is 11.8 Å². The largest absolute Gasteiger partial charge is 0.465 e. The van der Waals surface area contributed by atoms with Gasteiger partial charge in [-0.15, -0.1) is 0 Å². The third-order valence-electron chi connectivity index (χ3n) is 2.93. The molecule has 0 radical (unpaired) electrons. The van der Waals surface area contributed by atoms with Gasteiger partial charge in [0.1, 0.15) is 0 Å². The van der Waals surface area contributed by atoms with Crippen molar-refractivity contribution in [3.05, 3.63) is 59.7 Å². The fourth-order valence-electron chi connectivity index (χ4n) is 1.99. The van der Waals surface area contributed by atoms with Crippen LogP contribution in [0.25, 0.3) is 0 Å². The van der Waals surface area contributed by atoms with Crippen molar-refractivity contribution in [2.24, 2.45) is 0 Å². The van der Waals surface area contributed by atoms with Gasteiger partial charge in [-0.05, 0) is 47.6 Å². The molecule has 0 spiro atoms. The summed E-state index contributed by atoms with van der Waals surface area (Å²) in [5, 5.41) is 11.1. The van der Waals surface area contributed by atoms with Crippen LogP contribution in [0.2, 0.25) is 0 Å². The highest BCUT2D eigenvalue weighted by Crippen LogP contribution is 2.17. The van der Waals surface area contributed by atoms with E-state index >= 15 is 0 Å². The van der Waals surface area contributed by atoms with Gasteiger partial charge >= 0.3 is 6.09 Å². The van der Waals surface area contributed by atoms with Crippen molar-refractivity contribution in [3.63, 3.8) is 0 Å². The lowest BCUT2D eigenvalue weighted by atomic mass is 10.1. The quantitative estimate of drug-likeness (QED) is 0.560. The summed E-state index contributed by atoms with van der Waals surface area (Å²) in [7, 11) is 0. The number of hydrogen-bond acceptors (Lipinski definition) is 3. The number of benzene rings is 2. The van der Waals surface area contributed by atoms with Crippen LogP contribution in [0.15, 0.2) is 48.5 Å². The molecule has 2 aromatic carbocycles. The van der Waals surface area contributed by atoms with Crippen LogP contribution in [0.4, 0.5) is 16.2 Å². The van der Waals surface area contributed by atoms with E-state index < -0.39 is 6.09 Å². The number of amides is 1. The SMILES string of the molecule is Nc1cccc(CSCCc2cccc(NC(=O)O)c2)c1. The molecule has 5 heteroatoms. The van der Waals surface area contributed by atoms with Gasteiger partial charge in [-0.1, -0.05) is 24.3 Å². The maximum atomic E-state index is 10.6. The van der Waals surface area contributed by atoms with E-state index in [1.807, 2.05) is 48.2 Å². The molecule has 0 aliphatic carbocycles. The van der Waals surface area contributed by atoms with Crippen molar-refractivity contribution in [3.8, 4) is 0 Å². The number of nitrogen functional groups attached to an aromatic ring is 1. The fraction of sp³-hybridized carbons (Fsp3) is 0.188. The highest BCUT2D eigenvalue weighted by Gasteiger charge is 2.00. The van der Waals surface area contributed by atoms with E-state index in [1.54, 1.807) is 6.07 Å². The monoisotopic (exact) mass is 302 g/mol. The number of aryl methyl sites for hydroxylation is 1. The van der Waals surface area contributed by atoms with Crippen LogP contribution in [0.1, 0.15) is 11.1 Å². The Labute approximate surface area is 128 Å². The number of anilines is 2. The molecular formula is C16H18N2O2S. The smallest absolute Gasteiger partial charge is 0.409 e. The summed E-state index contributed by atoms with van der Waals surface area (Å²) in [6, 6.07) is 15.4. The van der Waals surface area contributed by atoms with Gasteiger partial charge < -0.3 is 10.8 Å². The second-order valence-corrected chi connectivity index (χ2v) is 5.78. The summed E-state index contributed by atoms with van der Waals surface area (Å²) in [6.07, 6.45) is -0.134. The normalized spacial score (nSPS) is 10.3. The molecule has 21 heavy (non-hydrogen) atoms. The Hall–Kier alpha value is -2.14. The number of carboxylic acid groups (broad SMARTS) is 1. The molecule has 0 atom stereocenters. The highest BCUT2D eigenvalue weighted by molar-refractivity contribution is 7.98. The minimum atomic E-state index is -1.04. The van der Waals surface area contributed by atoms with Crippen molar-refractivity contribution < 1.29 is 9.90 Å². The standard InChI is InChI=1S/C16H18N2O2S/c17-14-5-1-4-13(9-14)11-21-8-7-12-3-2-6-15(10-12)18-16(19)20/h1-6,9-10,18H,7-8,11,17H2,(H,19,20). The number of rotatable bonds is 6. The van der Waals surface area contributed by atoms with Crippen LogP contribution in [0.3, 0.4) is 0 Å². The van der Waals surface area contributed by atoms with Gasteiger partial charge in [0, 0.05) is 17.1 Å². The van der Waals surface area contributed by atoms with Crippen molar-refractivity contribution >= 4 is 29.2 Å². The molecule has 0 fully saturated rings. The highest BCUT2D eigenvalue weighted by atomic mass is 32.2. The van der Waals surface area contributed by atoms with Gasteiger partial charge in [0.15, 0.2) is 0 Å². The molecule has 1 amide bonds. The minimum Gasteiger partial charge on any atom is -0.465 e. The topological polar surface area (TPSA) is 75.3 Å². The summed E-state index contributed by atoms with van der Waals surface area (Å²) in [4.78, 5) is 10.6. The zero-order valence-electron chi connectivity index (χ0n) is 11.6. The molecule has 2 aromatic rings. The molecule has 0 saturated heterocycles. The molecule has 4 nitrogen and oxygen atoms in total.